The molecule has 1 aliphatic heterocycles. The fourth-order valence-electron chi connectivity index (χ4n) is 1.88. The van der Waals surface area contributed by atoms with Crippen molar-refractivity contribution < 1.29 is 9.53 Å². The van der Waals surface area contributed by atoms with Crippen LogP contribution in [-0.4, -0.2) is 34.7 Å². The van der Waals surface area contributed by atoms with Crippen molar-refractivity contribution in [1.29, 1.82) is 0 Å². The van der Waals surface area contributed by atoms with Crippen LogP contribution in [0.25, 0.3) is 11.0 Å². The molecule has 1 saturated heterocycles. The smallest absolute Gasteiger partial charge is 0.240 e. The van der Waals surface area contributed by atoms with Gasteiger partial charge in [0.2, 0.25) is 5.91 Å². The first-order chi connectivity index (χ1) is 8.33. The van der Waals surface area contributed by atoms with Gasteiger partial charge in [-0.2, -0.15) is 0 Å². The van der Waals surface area contributed by atoms with Crippen molar-refractivity contribution in [2.24, 2.45) is 0 Å². The summed E-state index contributed by atoms with van der Waals surface area (Å²) in [6.07, 6.45) is 1.70. The largest absolute Gasteiger partial charge is 0.377 e. The first-order valence-corrected chi connectivity index (χ1v) is 5.60. The fraction of sp³-hybridized carbons (Fsp3) is 0.333. The van der Waals surface area contributed by atoms with E-state index in [0.29, 0.717) is 19.8 Å². The van der Waals surface area contributed by atoms with Gasteiger partial charge >= 0.3 is 0 Å². The van der Waals surface area contributed by atoms with Gasteiger partial charge in [-0.1, -0.05) is 12.1 Å². The molecule has 5 heteroatoms. The van der Waals surface area contributed by atoms with Crippen LogP contribution in [0.5, 0.6) is 0 Å². The van der Waals surface area contributed by atoms with E-state index in [2.05, 4.69) is 10.3 Å². The molecule has 0 radical (unpaired) electrons. The van der Waals surface area contributed by atoms with Crippen LogP contribution in [-0.2, 0) is 16.1 Å². The summed E-state index contributed by atoms with van der Waals surface area (Å²) in [4.78, 5) is 16.0. The molecule has 1 amide bonds. The minimum Gasteiger partial charge on any atom is -0.377 e. The number of ether oxygens (including phenoxy) is 1. The molecule has 0 unspecified atom stereocenters. The number of nitrogens with zero attached hydrogens (tertiary/aromatic N) is 2. The van der Waals surface area contributed by atoms with Gasteiger partial charge in [0.25, 0.3) is 0 Å². The molecule has 0 saturated carbocycles. The average molecular weight is 231 g/mol. The van der Waals surface area contributed by atoms with Crippen LogP contribution in [0.4, 0.5) is 0 Å². The molecule has 0 atom stereocenters. The molecular formula is C12H13N3O2. The summed E-state index contributed by atoms with van der Waals surface area (Å²) in [6, 6.07) is 7.95. The van der Waals surface area contributed by atoms with Crippen molar-refractivity contribution >= 4 is 16.9 Å². The summed E-state index contributed by atoms with van der Waals surface area (Å²) in [7, 11) is 0. The van der Waals surface area contributed by atoms with Crippen molar-refractivity contribution in [3.05, 3.63) is 30.6 Å². The third-order valence-corrected chi connectivity index (χ3v) is 2.84. The van der Waals surface area contributed by atoms with E-state index in [1.807, 2.05) is 28.8 Å². The van der Waals surface area contributed by atoms with Gasteiger partial charge < -0.3 is 14.6 Å². The summed E-state index contributed by atoms with van der Waals surface area (Å²) in [5.74, 6) is 0.00135. The number of hydrogen-bond acceptors (Lipinski definition) is 3. The van der Waals surface area contributed by atoms with E-state index < -0.39 is 0 Å². The second-order valence-corrected chi connectivity index (χ2v) is 4.16. The number of carbonyl (C=O) groups excluding carboxylic acids is 1. The van der Waals surface area contributed by atoms with E-state index in [1.165, 1.54) is 0 Å². The van der Waals surface area contributed by atoms with Crippen molar-refractivity contribution in [2.75, 3.05) is 13.2 Å². The second kappa shape index (κ2) is 4.18. The van der Waals surface area contributed by atoms with Crippen LogP contribution < -0.4 is 5.32 Å². The number of carbonyl (C=O) groups is 1. The molecule has 88 valence electrons. The topological polar surface area (TPSA) is 56.2 Å². The lowest BCUT2D eigenvalue weighted by molar-refractivity contribution is -0.125. The predicted octanol–water partition coefficient (Wildman–Crippen LogP) is 0.551. The predicted molar refractivity (Wildman–Crippen MR) is 62.5 cm³/mol. The van der Waals surface area contributed by atoms with Crippen LogP contribution in [0.15, 0.2) is 30.6 Å². The highest BCUT2D eigenvalue weighted by atomic mass is 16.5. The van der Waals surface area contributed by atoms with Gasteiger partial charge in [0.15, 0.2) is 0 Å². The molecule has 0 bridgehead atoms. The third kappa shape index (κ3) is 2.01. The highest BCUT2D eigenvalue weighted by Gasteiger charge is 2.20. The number of imidazole rings is 1. The van der Waals surface area contributed by atoms with Gasteiger partial charge in [0.05, 0.1) is 36.6 Å². The summed E-state index contributed by atoms with van der Waals surface area (Å²) >= 11 is 0. The summed E-state index contributed by atoms with van der Waals surface area (Å²) < 4.78 is 6.86. The minimum absolute atomic E-state index is 0.00135. The zero-order valence-corrected chi connectivity index (χ0v) is 9.30. The number of amides is 1. The number of nitrogens with one attached hydrogen (secondary N) is 1. The van der Waals surface area contributed by atoms with Crippen LogP contribution >= 0.6 is 0 Å². The Morgan fingerprint density at radius 1 is 1.47 bits per heavy atom. The maximum atomic E-state index is 11.7. The number of hydrogen-bond donors (Lipinski definition) is 1. The Hall–Kier alpha value is -1.88. The molecule has 5 nitrogen and oxygen atoms in total. The van der Waals surface area contributed by atoms with Gasteiger partial charge in [0.1, 0.15) is 6.54 Å². The fourth-order valence-corrected chi connectivity index (χ4v) is 1.88. The molecule has 1 fully saturated rings. The molecule has 1 aromatic heterocycles. The third-order valence-electron chi connectivity index (χ3n) is 2.84. The Bertz CT molecular complexity index is 545. The zero-order chi connectivity index (χ0) is 11.7. The Balaban J connectivity index is 1.73. The highest BCUT2D eigenvalue weighted by Crippen LogP contribution is 2.11. The maximum Gasteiger partial charge on any atom is 0.240 e. The first-order valence-electron chi connectivity index (χ1n) is 5.60. The standard InChI is InChI=1S/C12H13N3O2/c16-12(14-9-6-17-7-9)5-15-8-13-10-3-1-2-4-11(10)15/h1-4,8-9H,5-7H2,(H,14,16). The monoisotopic (exact) mass is 231 g/mol. The van der Waals surface area contributed by atoms with Crippen LogP contribution in [0.2, 0.25) is 0 Å². The maximum absolute atomic E-state index is 11.7. The molecule has 1 N–H and O–H groups in total. The quantitative estimate of drug-likeness (QED) is 0.839. The van der Waals surface area contributed by atoms with E-state index in [0.717, 1.165) is 11.0 Å². The molecular weight excluding hydrogens is 218 g/mol. The van der Waals surface area contributed by atoms with E-state index in [-0.39, 0.29) is 11.9 Å². The van der Waals surface area contributed by atoms with Crippen LogP contribution in [0.1, 0.15) is 0 Å². The number of para-hydroxylation sites is 2. The summed E-state index contributed by atoms with van der Waals surface area (Å²) in [6.45, 7) is 1.55. The molecule has 1 aromatic carbocycles. The average Bonchev–Trinajstić information content (AvgIpc) is 2.68. The molecule has 2 aromatic rings. The molecule has 17 heavy (non-hydrogen) atoms. The number of benzene rings is 1. The number of aromatic nitrogens is 2. The molecule has 3 rings (SSSR count). The molecule has 0 aliphatic carbocycles. The lowest BCUT2D eigenvalue weighted by atomic mass is 10.2. The molecule has 0 spiro atoms. The van der Waals surface area contributed by atoms with Crippen molar-refractivity contribution in [3.63, 3.8) is 0 Å². The summed E-state index contributed by atoms with van der Waals surface area (Å²) in [5, 5.41) is 2.91. The Morgan fingerprint density at radius 3 is 3.06 bits per heavy atom. The first kappa shape index (κ1) is 10.3. The van der Waals surface area contributed by atoms with E-state index >= 15 is 0 Å². The lowest BCUT2D eigenvalue weighted by Crippen LogP contribution is -2.49. The van der Waals surface area contributed by atoms with Gasteiger partial charge in [-0.3, -0.25) is 4.79 Å². The Kier molecular flexibility index (Phi) is 2.53. The van der Waals surface area contributed by atoms with Gasteiger partial charge in [-0.25, -0.2) is 4.98 Å². The number of fused-ring (bicyclic) bond motifs is 1. The lowest BCUT2D eigenvalue weighted by Gasteiger charge is -2.26. The van der Waals surface area contributed by atoms with E-state index in [9.17, 15) is 4.79 Å². The summed E-state index contributed by atoms with van der Waals surface area (Å²) in [5.41, 5.74) is 1.89. The van der Waals surface area contributed by atoms with Crippen molar-refractivity contribution in [3.8, 4) is 0 Å². The highest BCUT2D eigenvalue weighted by molar-refractivity contribution is 5.80. The Morgan fingerprint density at radius 2 is 2.29 bits per heavy atom. The normalized spacial score (nSPS) is 15.8. The zero-order valence-electron chi connectivity index (χ0n) is 9.30. The second-order valence-electron chi connectivity index (χ2n) is 4.16. The van der Waals surface area contributed by atoms with Gasteiger partial charge in [0, 0.05) is 0 Å². The van der Waals surface area contributed by atoms with Crippen LogP contribution in [0, 0.1) is 0 Å². The van der Waals surface area contributed by atoms with E-state index in [4.69, 9.17) is 4.74 Å². The molecule has 2 heterocycles. The SMILES string of the molecule is O=C(Cn1cnc2ccccc21)NC1COC1. The van der Waals surface area contributed by atoms with Crippen molar-refractivity contribution in [1.82, 2.24) is 14.9 Å². The minimum atomic E-state index is 0.00135. The van der Waals surface area contributed by atoms with Crippen LogP contribution in [0.3, 0.4) is 0 Å². The van der Waals surface area contributed by atoms with E-state index in [1.54, 1.807) is 6.33 Å². The van der Waals surface area contributed by atoms with Gasteiger partial charge in [-0.15, -0.1) is 0 Å². The van der Waals surface area contributed by atoms with Crippen molar-refractivity contribution in [2.45, 2.75) is 12.6 Å². The van der Waals surface area contributed by atoms with Gasteiger partial charge in [-0.05, 0) is 12.1 Å². The Labute approximate surface area is 98.4 Å². The molecule has 1 aliphatic rings. The number of rotatable bonds is 3.